The smallest absolute Gasteiger partial charge is 0.243 e. The summed E-state index contributed by atoms with van der Waals surface area (Å²) in [7, 11) is -2.10. The van der Waals surface area contributed by atoms with E-state index < -0.39 is 10.0 Å². The van der Waals surface area contributed by atoms with E-state index in [0.717, 1.165) is 0 Å². The zero-order valence-corrected chi connectivity index (χ0v) is 15.0. The molecule has 1 aliphatic rings. The summed E-state index contributed by atoms with van der Waals surface area (Å²) in [6.07, 6.45) is 1.29. The van der Waals surface area contributed by atoms with Crippen molar-refractivity contribution in [2.45, 2.75) is 30.6 Å². The number of aromatic nitrogens is 2. The Morgan fingerprint density at radius 3 is 2.54 bits per heavy atom. The first-order chi connectivity index (χ1) is 11.4. The number of benzene rings is 1. The molecule has 0 spiro atoms. The van der Waals surface area contributed by atoms with Crippen LogP contribution in [0.1, 0.15) is 30.5 Å². The number of hydrogen-bond donors (Lipinski definition) is 0. The molecule has 7 nitrogen and oxygen atoms in total. The minimum absolute atomic E-state index is 0.0945. The highest BCUT2D eigenvalue weighted by Gasteiger charge is 2.32. The van der Waals surface area contributed by atoms with Crippen LogP contribution in [0.15, 0.2) is 27.5 Å². The molecule has 2 aromatic rings. The number of methoxy groups -OCH3 is 1. The van der Waals surface area contributed by atoms with Gasteiger partial charge in [-0.15, -0.1) is 10.2 Å². The molecule has 0 bridgehead atoms. The number of nitrogens with zero attached hydrogens (tertiary/aromatic N) is 3. The molecule has 1 aromatic carbocycles. The molecular weight excluding hydrogens is 354 g/mol. The van der Waals surface area contributed by atoms with Crippen molar-refractivity contribution in [3.05, 3.63) is 35.0 Å². The molecule has 1 aromatic heterocycles. The highest BCUT2D eigenvalue weighted by atomic mass is 35.5. The van der Waals surface area contributed by atoms with Gasteiger partial charge in [0.05, 0.1) is 17.0 Å². The summed E-state index contributed by atoms with van der Waals surface area (Å²) in [5, 5.41) is 8.13. The molecule has 3 rings (SSSR count). The Kier molecular flexibility index (Phi) is 4.80. The molecule has 0 amide bonds. The molecule has 0 saturated carbocycles. The number of aryl methyl sites for hydroxylation is 1. The summed E-state index contributed by atoms with van der Waals surface area (Å²) in [4.78, 5) is 0.167. The van der Waals surface area contributed by atoms with Gasteiger partial charge < -0.3 is 9.15 Å². The number of hydrogen-bond acceptors (Lipinski definition) is 6. The third-order valence-electron chi connectivity index (χ3n) is 4.11. The van der Waals surface area contributed by atoms with Gasteiger partial charge in [0.2, 0.25) is 21.8 Å². The third kappa shape index (κ3) is 3.26. The molecule has 24 heavy (non-hydrogen) atoms. The highest BCUT2D eigenvalue weighted by Crippen LogP contribution is 2.32. The fourth-order valence-corrected chi connectivity index (χ4v) is 4.60. The molecule has 1 saturated heterocycles. The number of sulfonamides is 1. The van der Waals surface area contributed by atoms with Crippen molar-refractivity contribution < 1.29 is 17.6 Å². The summed E-state index contributed by atoms with van der Waals surface area (Å²) in [5.41, 5.74) is 0. The molecule has 1 fully saturated rings. The van der Waals surface area contributed by atoms with Gasteiger partial charge >= 0.3 is 0 Å². The van der Waals surface area contributed by atoms with E-state index >= 15 is 0 Å². The van der Waals surface area contributed by atoms with Crippen molar-refractivity contribution in [3.8, 4) is 5.75 Å². The quantitative estimate of drug-likeness (QED) is 0.821. The first-order valence-corrected chi connectivity index (χ1v) is 9.37. The Bertz CT molecular complexity index is 829. The first kappa shape index (κ1) is 17.2. The minimum Gasteiger partial charge on any atom is -0.495 e. The fraction of sp³-hybridized carbons (Fsp3) is 0.467. The molecule has 0 N–H and O–H groups in total. The van der Waals surface area contributed by atoms with Gasteiger partial charge in [0.15, 0.2) is 0 Å². The van der Waals surface area contributed by atoms with E-state index in [9.17, 15) is 8.42 Å². The van der Waals surface area contributed by atoms with Crippen LogP contribution in [0.4, 0.5) is 0 Å². The molecule has 9 heteroatoms. The summed E-state index contributed by atoms with van der Waals surface area (Å²) in [5.74, 6) is 1.64. The van der Waals surface area contributed by atoms with E-state index in [2.05, 4.69) is 10.2 Å². The van der Waals surface area contributed by atoms with Crippen LogP contribution < -0.4 is 4.74 Å². The Balaban J connectivity index is 1.74. The monoisotopic (exact) mass is 371 g/mol. The van der Waals surface area contributed by atoms with Gasteiger partial charge in [0.25, 0.3) is 0 Å². The van der Waals surface area contributed by atoms with E-state index in [0.29, 0.717) is 43.5 Å². The van der Waals surface area contributed by atoms with Crippen LogP contribution in [-0.2, 0) is 10.0 Å². The Hall–Kier alpha value is -1.64. The lowest BCUT2D eigenvalue weighted by molar-refractivity contribution is 0.288. The summed E-state index contributed by atoms with van der Waals surface area (Å²) >= 11 is 6.04. The number of rotatable bonds is 4. The van der Waals surface area contributed by atoms with Crippen molar-refractivity contribution in [1.82, 2.24) is 14.5 Å². The van der Waals surface area contributed by atoms with E-state index in [1.165, 1.54) is 23.5 Å². The van der Waals surface area contributed by atoms with Gasteiger partial charge in [-0.05, 0) is 31.0 Å². The van der Waals surface area contributed by atoms with E-state index in [1.807, 2.05) is 0 Å². The maximum absolute atomic E-state index is 12.8. The minimum atomic E-state index is -3.58. The number of piperidine rings is 1. The van der Waals surface area contributed by atoms with Gasteiger partial charge in [0.1, 0.15) is 5.75 Å². The predicted octanol–water partition coefficient (Wildman–Crippen LogP) is 2.61. The standard InChI is InChI=1S/C15H18ClN3O4S/c1-10-17-18-15(23-10)11-5-7-19(8-6-11)24(20,21)12-3-4-14(22-2)13(16)9-12/h3-4,9,11H,5-8H2,1-2H3. The molecule has 0 radical (unpaired) electrons. The molecule has 0 atom stereocenters. The maximum Gasteiger partial charge on any atom is 0.243 e. The zero-order chi connectivity index (χ0) is 17.3. The van der Waals surface area contributed by atoms with Crippen LogP contribution in [0.25, 0.3) is 0 Å². The molecular formula is C15H18ClN3O4S. The number of ether oxygens (including phenoxy) is 1. The lowest BCUT2D eigenvalue weighted by Crippen LogP contribution is -2.37. The second-order valence-corrected chi connectivity index (χ2v) is 7.98. The molecule has 0 unspecified atom stereocenters. The lowest BCUT2D eigenvalue weighted by Gasteiger charge is -2.29. The Morgan fingerprint density at radius 1 is 1.29 bits per heavy atom. The molecule has 2 heterocycles. The van der Waals surface area contributed by atoms with Crippen LogP contribution in [0.3, 0.4) is 0 Å². The summed E-state index contributed by atoms with van der Waals surface area (Å²) in [6, 6.07) is 4.49. The average molecular weight is 372 g/mol. The molecule has 130 valence electrons. The van der Waals surface area contributed by atoms with Gasteiger partial charge in [0, 0.05) is 25.9 Å². The van der Waals surface area contributed by atoms with Crippen LogP contribution in [-0.4, -0.2) is 43.1 Å². The highest BCUT2D eigenvalue weighted by molar-refractivity contribution is 7.89. The van der Waals surface area contributed by atoms with E-state index in [-0.39, 0.29) is 15.8 Å². The topological polar surface area (TPSA) is 85.5 Å². The van der Waals surface area contributed by atoms with Gasteiger partial charge in [-0.25, -0.2) is 8.42 Å². The van der Waals surface area contributed by atoms with Gasteiger partial charge in [-0.1, -0.05) is 11.6 Å². The molecule has 1 aliphatic heterocycles. The lowest BCUT2D eigenvalue weighted by atomic mass is 9.98. The van der Waals surface area contributed by atoms with E-state index in [4.69, 9.17) is 20.8 Å². The second kappa shape index (κ2) is 6.70. The SMILES string of the molecule is COc1ccc(S(=O)(=O)N2CCC(c3nnc(C)o3)CC2)cc1Cl. The van der Waals surface area contributed by atoms with Crippen molar-refractivity contribution in [3.63, 3.8) is 0 Å². The fourth-order valence-electron chi connectivity index (χ4n) is 2.78. The van der Waals surface area contributed by atoms with E-state index in [1.54, 1.807) is 13.0 Å². The van der Waals surface area contributed by atoms with Crippen molar-refractivity contribution >= 4 is 21.6 Å². The summed E-state index contributed by atoms with van der Waals surface area (Å²) < 4.78 is 37.5. The predicted molar refractivity (Wildman–Crippen MR) is 87.8 cm³/mol. The maximum atomic E-state index is 12.8. The van der Waals surface area contributed by atoms with Gasteiger partial charge in [-0.2, -0.15) is 4.31 Å². The molecule has 0 aliphatic carbocycles. The summed E-state index contributed by atoms with van der Waals surface area (Å²) in [6.45, 7) is 2.54. The number of halogens is 1. The van der Waals surface area contributed by atoms with Crippen LogP contribution in [0.2, 0.25) is 5.02 Å². The zero-order valence-electron chi connectivity index (χ0n) is 13.4. The Labute approximate surface area is 145 Å². The third-order valence-corrected chi connectivity index (χ3v) is 6.30. The van der Waals surface area contributed by atoms with Crippen molar-refractivity contribution in [1.29, 1.82) is 0 Å². The largest absolute Gasteiger partial charge is 0.495 e. The van der Waals surface area contributed by atoms with Crippen molar-refractivity contribution in [2.24, 2.45) is 0 Å². The van der Waals surface area contributed by atoms with Crippen molar-refractivity contribution in [2.75, 3.05) is 20.2 Å². The van der Waals surface area contributed by atoms with Crippen LogP contribution in [0, 0.1) is 6.92 Å². The average Bonchev–Trinajstić information content (AvgIpc) is 3.01. The second-order valence-electron chi connectivity index (χ2n) is 5.63. The van der Waals surface area contributed by atoms with Crippen LogP contribution >= 0.6 is 11.6 Å². The normalized spacial score (nSPS) is 17.1. The Morgan fingerprint density at radius 2 is 2.00 bits per heavy atom. The van der Waals surface area contributed by atoms with Crippen LogP contribution in [0.5, 0.6) is 5.75 Å². The van der Waals surface area contributed by atoms with Gasteiger partial charge in [-0.3, -0.25) is 0 Å². The first-order valence-electron chi connectivity index (χ1n) is 7.55.